The molecule has 1 aromatic carbocycles. The van der Waals surface area contributed by atoms with Gasteiger partial charge in [-0.3, -0.25) is 0 Å². The lowest BCUT2D eigenvalue weighted by atomic mass is 9.93. The van der Waals surface area contributed by atoms with E-state index in [0.717, 1.165) is 0 Å². The molecule has 0 amide bonds. The second-order valence-electron chi connectivity index (χ2n) is 4.97. The van der Waals surface area contributed by atoms with Crippen LogP contribution in [0.3, 0.4) is 0 Å². The fourth-order valence-corrected chi connectivity index (χ4v) is 2.63. The quantitative estimate of drug-likeness (QED) is 0.637. The number of benzene rings is 1. The second-order valence-corrected chi connectivity index (χ2v) is 4.97. The van der Waals surface area contributed by atoms with Crippen molar-refractivity contribution in [3.05, 3.63) is 59.2 Å². The molecule has 0 heterocycles. The van der Waals surface area contributed by atoms with Gasteiger partial charge in [-0.1, -0.05) is 55.0 Å². The largest absolute Gasteiger partial charge is 0.0988 e. The van der Waals surface area contributed by atoms with Gasteiger partial charge in [0.25, 0.3) is 0 Å². The number of rotatable bonds is 2. The molecule has 16 heavy (non-hydrogen) atoms. The van der Waals surface area contributed by atoms with Gasteiger partial charge in [0, 0.05) is 0 Å². The Labute approximate surface area is 98.7 Å². The topological polar surface area (TPSA) is 0 Å². The maximum Gasteiger partial charge on any atom is -0.0121 e. The normalized spacial score (nSPS) is 24.3. The highest BCUT2D eigenvalue weighted by Gasteiger charge is 2.27. The van der Waals surface area contributed by atoms with Crippen molar-refractivity contribution in [3.8, 4) is 0 Å². The van der Waals surface area contributed by atoms with E-state index in [1.807, 2.05) is 6.08 Å². The minimum Gasteiger partial charge on any atom is -0.0988 e. The standard InChI is InChI=1S/C16H20/c1-5-11(2)8-14-10-15-9-12(3)6-7-16(15)13(14)4/h5-9,13-14H,1,10H2,2-4H3/b11-8-. The van der Waals surface area contributed by atoms with Gasteiger partial charge in [-0.15, -0.1) is 0 Å². The Kier molecular flexibility index (Phi) is 3.00. The van der Waals surface area contributed by atoms with Crippen LogP contribution in [0.4, 0.5) is 0 Å². The molecule has 0 saturated heterocycles. The van der Waals surface area contributed by atoms with Crippen LogP contribution in [0.15, 0.2) is 42.5 Å². The van der Waals surface area contributed by atoms with Crippen LogP contribution in [0.5, 0.6) is 0 Å². The van der Waals surface area contributed by atoms with Crippen LogP contribution < -0.4 is 0 Å². The van der Waals surface area contributed by atoms with Gasteiger partial charge in [0.15, 0.2) is 0 Å². The third-order valence-electron chi connectivity index (χ3n) is 3.69. The van der Waals surface area contributed by atoms with Crippen LogP contribution >= 0.6 is 0 Å². The Morgan fingerprint density at radius 1 is 1.44 bits per heavy atom. The van der Waals surface area contributed by atoms with Gasteiger partial charge in [-0.2, -0.15) is 0 Å². The van der Waals surface area contributed by atoms with Gasteiger partial charge in [0.2, 0.25) is 0 Å². The summed E-state index contributed by atoms with van der Waals surface area (Å²) in [5, 5.41) is 0. The average molecular weight is 212 g/mol. The van der Waals surface area contributed by atoms with Crippen molar-refractivity contribution in [1.29, 1.82) is 0 Å². The molecule has 0 heteroatoms. The summed E-state index contributed by atoms with van der Waals surface area (Å²) in [6.07, 6.45) is 5.50. The van der Waals surface area contributed by atoms with E-state index in [1.54, 1.807) is 0 Å². The summed E-state index contributed by atoms with van der Waals surface area (Å²) >= 11 is 0. The molecular formula is C16H20. The van der Waals surface area contributed by atoms with E-state index in [9.17, 15) is 0 Å². The second kappa shape index (κ2) is 4.29. The summed E-state index contributed by atoms with van der Waals surface area (Å²) in [6, 6.07) is 6.86. The maximum absolute atomic E-state index is 3.82. The van der Waals surface area contributed by atoms with Gasteiger partial charge in [-0.25, -0.2) is 0 Å². The highest BCUT2D eigenvalue weighted by molar-refractivity contribution is 5.40. The molecule has 0 spiro atoms. The zero-order valence-electron chi connectivity index (χ0n) is 10.5. The molecule has 0 nitrogen and oxygen atoms in total. The van der Waals surface area contributed by atoms with Crippen molar-refractivity contribution in [2.45, 2.75) is 33.1 Å². The van der Waals surface area contributed by atoms with E-state index in [2.05, 4.69) is 51.6 Å². The first-order chi connectivity index (χ1) is 7.61. The molecule has 1 aliphatic rings. The molecule has 1 aliphatic carbocycles. The number of hydrogen-bond acceptors (Lipinski definition) is 0. The van der Waals surface area contributed by atoms with Crippen LogP contribution in [0.1, 0.15) is 36.5 Å². The third-order valence-corrected chi connectivity index (χ3v) is 3.69. The summed E-state index contributed by atoms with van der Waals surface area (Å²) in [4.78, 5) is 0. The molecule has 2 unspecified atom stereocenters. The first-order valence-electron chi connectivity index (χ1n) is 6.02. The molecule has 84 valence electrons. The van der Waals surface area contributed by atoms with Gasteiger partial charge in [0.05, 0.1) is 0 Å². The molecule has 0 aromatic heterocycles. The average Bonchev–Trinajstić information content (AvgIpc) is 2.55. The van der Waals surface area contributed by atoms with Crippen molar-refractivity contribution < 1.29 is 0 Å². The van der Waals surface area contributed by atoms with Crippen LogP contribution in [-0.4, -0.2) is 0 Å². The predicted molar refractivity (Wildman–Crippen MR) is 70.7 cm³/mol. The van der Waals surface area contributed by atoms with Crippen molar-refractivity contribution >= 4 is 0 Å². The van der Waals surface area contributed by atoms with Crippen molar-refractivity contribution in [2.75, 3.05) is 0 Å². The SMILES string of the molecule is C=C/C(C)=C\C1Cc2cc(C)ccc2C1C. The molecule has 0 aliphatic heterocycles. The van der Waals surface area contributed by atoms with Gasteiger partial charge >= 0.3 is 0 Å². The lowest BCUT2D eigenvalue weighted by Crippen LogP contribution is -2.01. The number of allylic oxidation sites excluding steroid dienone is 3. The van der Waals surface area contributed by atoms with E-state index < -0.39 is 0 Å². The minimum absolute atomic E-state index is 0.644. The van der Waals surface area contributed by atoms with Gasteiger partial charge < -0.3 is 0 Å². The summed E-state index contributed by atoms with van der Waals surface area (Å²) in [7, 11) is 0. The van der Waals surface area contributed by atoms with Crippen molar-refractivity contribution in [3.63, 3.8) is 0 Å². The molecular weight excluding hydrogens is 192 g/mol. The van der Waals surface area contributed by atoms with Gasteiger partial charge in [0.1, 0.15) is 0 Å². The summed E-state index contributed by atoms with van der Waals surface area (Å²) in [5.41, 5.74) is 5.73. The first-order valence-corrected chi connectivity index (χ1v) is 6.02. The van der Waals surface area contributed by atoms with E-state index in [4.69, 9.17) is 0 Å². The van der Waals surface area contributed by atoms with E-state index in [0.29, 0.717) is 11.8 Å². The minimum atomic E-state index is 0.644. The molecule has 0 bridgehead atoms. The van der Waals surface area contributed by atoms with Crippen molar-refractivity contribution in [2.24, 2.45) is 5.92 Å². The lowest BCUT2D eigenvalue weighted by molar-refractivity contribution is 0.589. The Morgan fingerprint density at radius 3 is 2.88 bits per heavy atom. The highest BCUT2D eigenvalue weighted by atomic mass is 14.3. The molecule has 2 atom stereocenters. The number of hydrogen-bond donors (Lipinski definition) is 0. The van der Waals surface area contributed by atoms with Crippen molar-refractivity contribution in [1.82, 2.24) is 0 Å². The number of fused-ring (bicyclic) bond motifs is 1. The zero-order valence-corrected chi connectivity index (χ0v) is 10.5. The fraction of sp³-hybridized carbons (Fsp3) is 0.375. The van der Waals surface area contributed by atoms with E-state index in [1.165, 1.54) is 28.7 Å². The van der Waals surface area contributed by atoms with E-state index in [-0.39, 0.29) is 0 Å². The summed E-state index contributed by atoms with van der Waals surface area (Å²) in [5.74, 6) is 1.29. The van der Waals surface area contributed by atoms with Gasteiger partial charge in [-0.05, 0) is 43.2 Å². The Hall–Kier alpha value is -1.30. The predicted octanol–water partition coefficient (Wildman–Crippen LogP) is 4.40. The van der Waals surface area contributed by atoms with E-state index >= 15 is 0 Å². The maximum atomic E-state index is 3.82. The molecule has 0 saturated carbocycles. The Morgan fingerprint density at radius 2 is 2.19 bits per heavy atom. The molecule has 0 radical (unpaired) electrons. The Bertz CT molecular complexity index is 437. The van der Waals surface area contributed by atoms with Crippen LogP contribution in [0.25, 0.3) is 0 Å². The molecule has 2 rings (SSSR count). The molecule has 1 aromatic rings. The zero-order chi connectivity index (χ0) is 11.7. The smallest absolute Gasteiger partial charge is 0.0121 e. The van der Waals surface area contributed by atoms with Crippen LogP contribution in [-0.2, 0) is 6.42 Å². The lowest BCUT2D eigenvalue weighted by Gasteiger charge is -2.12. The van der Waals surface area contributed by atoms with Crippen LogP contribution in [0.2, 0.25) is 0 Å². The first kappa shape index (κ1) is 11.2. The third kappa shape index (κ3) is 1.97. The van der Waals surface area contributed by atoms with Crippen LogP contribution in [0, 0.1) is 12.8 Å². The molecule has 0 fully saturated rings. The summed E-state index contributed by atoms with van der Waals surface area (Å²) < 4.78 is 0. The monoisotopic (exact) mass is 212 g/mol. The Balaban J connectivity index is 2.30. The highest BCUT2D eigenvalue weighted by Crippen LogP contribution is 2.39. The number of aryl methyl sites for hydroxylation is 1. The molecule has 0 N–H and O–H groups in total. The fourth-order valence-electron chi connectivity index (χ4n) is 2.63. The summed E-state index contributed by atoms with van der Waals surface area (Å²) in [6.45, 7) is 10.5.